The Kier molecular flexibility index (Phi) is 5.80. The van der Waals surface area contributed by atoms with Gasteiger partial charge in [-0.3, -0.25) is 4.79 Å². The minimum Gasteiger partial charge on any atom is -0.345 e. The van der Waals surface area contributed by atoms with Gasteiger partial charge in [0.25, 0.3) is 5.91 Å². The van der Waals surface area contributed by atoms with E-state index in [9.17, 15) is 4.79 Å². The summed E-state index contributed by atoms with van der Waals surface area (Å²) in [5, 5.41) is 6.49. The summed E-state index contributed by atoms with van der Waals surface area (Å²) in [6.07, 6.45) is 0. The molecule has 3 rings (SSSR count). The third-order valence-corrected chi connectivity index (χ3v) is 4.21. The predicted molar refractivity (Wildman–Crippen MR) is 95.7 cm³/mol. The van der Waals surface area contributed by atoms with E-state index in [1.807, 2.05) is 30.3 Å². The van der Waals surface area contributed by atoms with E-state index in [2.05, 4.69) is 42.7 Å². The number of hydrogen-bond acceptors (Lipinski definition) is 2. The number of halogens is 1. The molecule has 122 valence electrons. The molecular formula is C19H23ClN2O. The molecule has 0 aliphatic carbocycles. The van der Waals surface area contributed by atoms with Gasteiger partial charge in [0, 0.05) is 18.7 Å². The number of amides is 1. The molecule has 0 aromatic heterocycles. The van der Waals surface area contributed by atoms with Gasteiger partial charge >= 0.3 is 0 Å². The van der Waals surface area contributed by atoms with Crippen molar-refractivity contribution in [3.8, 4) is 0 Å². The van der Waals surface area contributed by atoms with Crippen LogP contribution >= 0.6 is 12.4 Å². The summed E-state index contributed by atoms with van der Waals surface area (Å²) >= 11 is 0. The molecule has 1 aliphatic heterocycles. The average Bonchev–Trinajstić information content (AvgIpc) is 3.00. The maximum atomic E-state index is 12.6. The molecule has 1 atom stereocenters. The number of benzene rings is 2. The minimum atomic E-state index is -0.00254. The molecule has 1 amide bonds. The molecule has 3 nitrogen and oxygen atoms in total. The first kappa shape index (κ1) is 17.5. The second kappa shape index (κ2) is 7.62. The van der Waals surface area contributed by atoms with Crippen LogP contribution in [0.1, 0.15) is 46.9 Å². The summed E-state index contributed by atoms with van der Waals surface area (Å²) in [6.45, 7) is 6.01. The second-order valence-corrected chi connectivity index (χ2v) is 6.19. The highest BCUT2D eigenvalue weighted by Crippen LogP contribution is 2.23. The topological polar surface area (TPSA) is 41.1 Å². The number of nitrogens with one attached hydrogen (secondary N) is 2. The van der Waals surface area contributed by atoms with Crippen molar-refractivity contribution in [1.82, 2.24) is 10.6 Å². The quantitative estimate of drug-likeness (QED) is 0.894. The number of rotatable bonds is 4. The van der Waals surface area contributed by atoms with Crippen molar-refractivity contribution in [2.45, 2.75) is 33.0 Å². The number of hydrogen-bond donors (Lipinski definition) is 2. The van der Waals surface area contributed by atoms with Crippen LogP contribution in [0.5, 0.6) is 0 Å². The Labute approximate surface area is 143 Å². The van der Waals surface area contributed by atoms with Gasteiger partial charge in [0.2, 0.25) is 0 Å². The fourth-order valence-corrected chi connectivity index (χ4v) is 2.96. The van der Waals surface area contributed by atoms with Crippen LogP contribution in [-0.2, 0) is 13.1 Å². The zero-order valence-corrected chi connectivity index (χ0v) is 14.3. The Morgan fingerprint density at radius 2 is 1.74 bits per heavy atom. The molecule has 0 spiro atoms. The van der Waals surface area contributed by atoms with Gasteiger partial charge in [-0.05, 0) is 34.7 Å². The van der Waals surface area contributed by atoms with Gasteiger partial charge < -0.3 is 10.6 Å². The third kappa shape index (κ3) is 3.92. The van der Waals surface area contributed by atoms with Crippen LogP contribution in [0.2, 0.25) is 0 Å². The zero-order valence-electron chi connectivity index (χ0n) is 13.5. The molecule has 4 heteroatoms. The van der Waals surface area contributed by atoms with E-state index < -0.39 is 0 Å². The van der Waals surface area contributed by atoms with Crippen molar-refractivity contribution in [1.29, 1.82) is 0 Å². The van der Waals surface area contributed by atoms with E-state index >= 15 is 0 Å². The first-order valence-electron chi connectivity index (χ1n) is 7.83. The molecular weight excluding hydrogens is 308 g/mol. The van der Waals surface area contributed by atoms with Crippen LogP contribution in [0.4, 0.5) is 0 Å². The lowest BCUT2D eigenvalue weighted by molar-refractivity contribution is 0.0925. The summed E-state index contributed by atoms with van der Waals surface area (Å²) in [5.41, 5.74) is 4.41. The molecule has 23 heavy (non-hydrogen) atoms. The molecule has 0 bridgehead atoms. The highest BCUT2D eigenvalue weighted by molar-refractivity contribution is 5.94. The molecule has 0 saturated carbocycles. The fraction of sp³-hybridized carbons (Fsp3) is 0.316. The van der Waals surface area contributed by atoms with Crippen molar-refractivity contribution in [2.24, 2.45) is 5.92 Å². The maximum Gasteiger partial charge on any atom is 0.251 e. The molecule has 0 saturated heterocycles. The van der Waals surface area contributed by atoms with E-state index in [0.717, 1.165) is 24.2 Å². The van der Waals surface area contributed by atoms with Gasteiger partial charge in [-0.1, -0.05) is 50.2 Å². The van der Waals surface area contributed by atoms with Crippen molar-refractivity contribution in [3.05, 3.63) is 70.8 Å². The number of carbonyl (C=O) groups is 1. The van der Waals surface area contributed by atoms with Crippen LogP contribution in [-0.4, -0.2) is 5.91 Å². The van der Waals surface area contributed by atoms with Crippen molar-refractivity contribution < 1.29 is 4.79 Å². The van der Waals surface area contributed by atoms with E-state index in [1.54, 1.807) is 0 Å². The standard InChI is InChI=1S/C19H22N2O.ClH/c1-13(2)18(14-6-4-3-5-7-14)21-19(22)15-8-9-16-11-20-12-17(16)10-15;/h3-10,13,18,20H,11-12H2,1-2H3,(H,21,22);1H. The highest BCUT2D eigenvalue weighted by Gasteiger charge is 2.20. The SMILES string of the molecule is CC(C)C(NC(=O)c1ccc2c(c1)CNC2)c1ccccc1.Cl. The Morgan fingerprint density at radius 3 is 2.43 bits per heavy atom. The first-order chi connectivity index (χ1) is 10.6. The number of carbonyl (C=O) groups excluding carboxylic acids is 1. The van der Waals surface area contributed by atoms with Crippen molar-refractivity contribution in [3.63, 3.8) is 0 Å². The Bertz CT molecular complexity index is 670. The van der Waals surface area contributed by atoms with E-state index in [-0.39, 0.29) is 24.4 Å². The largest absolute Gasteiger partial charge is 0.345 e. The lowest BCUT2D eigenvalue weighted by Crippen LogP contribution is -2.31. The van der Waals surface area contributed by atoms with Gasteiger partial charge in [-0.2, -0.15) is 0 Å². The van der Waals surface area contributed by atoms with Gasteiger partial charge in [0.15, 0.2) is 0 Å². The Hall–Kier alpha value is -1.84. The maximum absolute atomic E-state index is 12.6. The first-order valence-corrected chi connectivity index (χ1v) is 7.83. The summed E-state index contributed by atoms with van der Waals surface area (Å²) in [6, 6.07) is 16.2. The van der Waals surface area contributed by atoms with E-state index in [1.165, 1.54) is 11.1 Å². The molecule has 2 aromatic rings. The van der Waals surface area contributed by atoms with E-state index in [0.29, 0.717) is 5.92 Å². The summed E-state index contributed by atoms with van der Waals surface area (Å²) < 4.78 is 0. The molecule has 0 fully saturated rings. The summed E-state index contributed by atoms with van der Waals surface area (Å²) in [4.78, 5) is 12.6. The van der Waals surface area contributed by atoms with Crippen molar-refractivity contribution in [2.75, 3.05) is 0 Å². The van der Waals surface area contributed by atoms with E-state index in [4.69, 9.17) is 0 Å². The second-order valence-electron chi connectivity index (χ2n) is 6.19. The molecule has 2 N–H and O–H groups in total. The Morgan fingerprint density at radius 1 is 1.04 bits per heavy atom. The third-order valence-electron chi connectivity index (χ3n) is 4.21. The molecule has 1 aliphatic rings. The summed E-state index contributed by atoms with van der Waals surface area (Å²) in [5.74, 6) is 0.333. The van der Waals surface area contributed by atoms with Crippen LogP contribution in [0, 0.1) is 5.92 Å². The molecule has 1 heterocycles. The normalized spacial score (nSPS) is 14.0. The smallest absolute Gasteiger partial charge is 0.251 e. The average molecular weight is 331 g/mol. The number of fused-ring (bicyclic) bond motifs is 1. The Balaban J connectivity index is 0.00000192. The molecule has 1 unspecified atom stereocenters. The van der Waals surface area contributed by atoms with Crippen LogP contribution in [0.15, 0.2) is 48.5 Å². The van der Waals surface area contributed by atoms with Gasteiger partial charge in [-0.15, -0.1) is 12.4 Å². The van der Waals surface area contributed by atoms with Gasteiger partial charge in [-0.25, -0.2) is 0 Å². The minimum absolute atomic E-state index is 0. The van der Waals surface area contributed by atoms with Crippen LogP contribution < -0.4 is 10.6 Å². The van der Waals surface area contributed by atoms with Crippen LogP contribution in [0.3, 0.4) is 0 Å². The highest BCUT2D eigenvalue weighted by atomic mass is 35.5. The monoisotopic (exact) mass is 330 g/mol. The molecule has 2 aromatic carbocycles. The summed E-state index contributed by atoms with van der Waals surface area (Å²) in [7, 11) is 0. The molecule has 0 radical (unpaired) electrons. The van der Waals surface area contributed by atoms with Gasteiger partial charge in [0.1, 0.15) is 0 Å². The van der Waals surface area contributed by atoms with Crippen molar-refractivity contribution >= 4 is 18.3 Å². The predicted octanol–water partition coefficient (Wildman–Crippen LogP) is 3.84. The zero-order chi connectivity index (χ0) is 15.5. The van der Waals surface area contributed by atoms with Crippen LogP contribution in [0.25, 0.3) is 0 Å². The lowest BCUT2D eigenvalue weighted by Gasteiger charge is -2.23. The fourth-order valence-electron chi connectivity index (χ4n) is 2.96. The lowest BCUT2D eigenvalue weighted by atomic mass is 9.95. The van der Waals surface area contributed by atoms with Gasteiger partial charge in [0.05, 0.1) is 6.04 Å².